The summed E-state index contributed by atoms with van der Waals surface area (Å²) in [7, 11) is 2.05. The van der Waals surface area contributed by atoms with Crippen LogP contribution < -0.4 is 20.4 Å². The second-order valence-electron chi connectivity index (χ2n) is 6.30. The lowest BCUT2D eigenvalue weighted by Gasteiger charge is -2.19. The molecule has 2 aromatic rings. The lowest BCUT2D eigenvalue weighted by atomic mass is 10.2. The molecular weight excluding hydrogens is 328 g/mol. The second-order valence-corrected chi connectivity index (χ2v) is 6.30. The molecule has 0 radical (unpaired) electrons. The SMILES string of the molecule is CN(CCCNC(=O)c1ccc(N2CCNC2=O)cc1)c1ccccc1. The molecule has 1 aliphatic rings. The fraction of sp³-hybridized carbons (Fsp3) is 0.300. The van der Waals surface area contributed by atoms with Crippen LogP contribution in [0.3, 0.4) is 0 Å². The van der Waals surface area contributed by atoms with Gasteiger partial charge in [-0.25, -0.2) is 4.79 Å². The van der Waals surface area contributed by atoms with Gasteiger partial charge in [0.2, 0.25) is 0 Å². The van der Waals surface area contributed by atoms with E-state index in [1.165, 1.54) is 5.69 Å². The Labute approximate surface area is 153 Å². The van der Waals surface area contributed by atoms with Gasteiger partial charge in [-0.3, -0.25) is 9.69 Å². The van der Waals surface area contributed by atoms with Gasteiger partial charge in [0.1, 0.15) is 0 Å². The van der Waals surface area contributed by atoms with Crippen LogP contribution in [-0.2, 0) is 0 Å². The Hall–Kier alpha value is -3.02. The van der Waals surface area contributed by atoms with E-state index < -0.39 is 0 Å². The van der Waals surface area contributed by atoms with Gasteiger partial charge >= 0.3 is 6.03 Å². The van der Waals surface area contributed by atoms with Crippen molar-refractivity contribution < 1.29 is 9.59 Å². The maximum absolute atomic E-state index is 12.2. The minimum atomic E-state index is -0.0928. The molecular formula is C20H24N4O2. The highest BCUT2D eigenvalue weighted by Crippen LogP contribution is 2.17. The summed E-state index contributed by atoms with van der Waals surface area (Å²) in [6, 6.07) is 17.2. The van der Waals surface area contributed by atoms with Crippen LogP contribution in [-0.4, -0.2) is 45.2 Å². The number of carbonyl (C=O) groups excluding carboxylic acids is 2. The summed E-state index contributed by atoms with van der Waals surface area (Å²) in [6.07, 6.45) is 0.864. The van der Waals surface area contributed by atoms with Gasteiger partial charge in [0, 0.05) is 50.2 Å². The average molecular weight is 352 g/mol. The van der Waals surface area contributed by atoms with Crippen LogP contribution >= 0.6 is 0 Å². The molecule has 0 saturated carbocycles. The molecule has 1 aliphatic heterocycles. The number of hydrogen-bond donors (Lipinski definition) is 2. The molecule has 6 heteroatoms. The Morgan fingerprint density at radius 1 is 1.15 bits per heavy atom. The van der Waals surface area contributed by atoms with Crippen LogP contribution in [0.5, 0.6) is 0 Å². The van der Waals surface area contributed by atoms with Crippen molar-refractivity contribution in [3.8, 4) is 0 Å². The summed E-state index contributed by atoms with van der Waals surface area (Å²) in [5.41, 5.74) is 2.58. The van der Waals surface area contributed by atoms with E-state index in [0.717, 1.165) is 18.7 Å². The number of carbonyl (C=O) groups is 2. The van der Waals surface area contributed by atoms with Crippen LogP contribution in [0.1, 0.15) is 16.8 Å². The van der Waals surface area contributed by atoms with Crippen molar-refractivity contribution in [2.75, 3.05) is 43.0 Å². The number of nitrogens with zero attached hydrogens (tertiary/aromatic N) is 2. The van der Waals surface area contributed by atoms with Crippen LogP contribution in [0, 0.1) is 0 Å². The molecule has 1 heterocycles. The summed E-state index contributed by atoms with van der Waals surface area (Å²) >= 11 is 0. The monoisotopic (exact) mass is 352 g/mol. The minimum absolute atomic E-state index is 0.0928. The molecule has 0 bridgehead atoms. The van der Waals surface area contributed by atoms with Crippen LogP contribution in [0.25, 0.3) is 0 Å². The number of rotatable bonds is 7. The lowest BCUT2D eigenvalue weighted by molar-refractivity contribution is 0.0953. The predicted octanol–water partition coefficient (Wildman–Crippen LogP) is 2.47. The summed E-state index contributed by atoms with van der Waals surface area (Å²) < 4.78 is 0. The van der Waals surface area contributed by atoms with Gasteiger partial charge < -0.3 is 15.5 Å². The molecule has 2 N–H and O–H groups in total. The summed E-state index contributed by atoms with van der Waals surface area (Å²) in [6.45, 7) is 2.79. The van der Waals surface area contributed by atoms with E-state index in [4.69, 9.17) is 0 Å². The first-order chi connectivity index (χ1) is 12.6. The molecule has 0 aromatic heterocycles. The Kier molecular flexibility index (Phi) is 5.73. The van der Waals surface area contributed by atoms with E-state index in [-0.39, 0.29) is 11.9 Å². The van der Waals surface area contributed by atoms with E-state index in [0.29, 0.717) is 25.2 Å². The van der Waals surface area contributed by atoms with Crippen LogP contribution in [0.4, 0.5) is 16.2 Å². The molecule has 3 amide bonds. The fourth-order valence-corrected chi connectivity index (χ4v) is 2.94. The normalized spacial score (nSPS) is 13.4. The van der Waals surface area contributed by atoms with Crippen LogP contribution in [0.15, 0.2) is 54.6 Å². The van der Waals surface area contributed by atoms with E-state index in [1.807, 2.05) is 37.4 Å². The zero-order valence-corrected chi connectivity index (χ0v) is 14.9. The number of urea groups is 1. The Morgan fingerprint density at radius 2 is 1.88 bits per heavy atom. The average Bonchev–Trinajstić information content (AvgIpc) is 3.11. The summed E-state index contributed by atoms with van der Waals surface area (Å²) in [5.74, 6) is -0.0928. The van der Waals surface area contributed by atoms with E-state index in [2.05, 4.69) is 27.7 Å². The smallest absolute Gasteiger partial charge is 0.321 e. The topological polar surface area (TPSA) is 64.7 Å². The molecule has 3 rings (SSSR count). The van der Waals surface area contributed by atoms with Crippen molar-refractivity contribution in [2.24, 2.45) is 0 Å². The Bertz CT molecular complexity index is 746. The standard InChI is InChI=1S/C20H24N4O2/c1-23(17-6-3-2-4-7-17)14-5-12-21-19(25)16-8-10-18(11-9-16)24-15-13-22-20(24)26/h2-4,6-11H,5,12-15H2,1H3,(H,21,25)(H,22,26). The van der Waals surface area contributed by atoms with Crippen molar-refractivity contribution in [1.82, 2.24) is 10.6 Å². The highest BCUT2D eigenvalue weighted by molar-refractivity contribution is 5.96. The van der Waals surface area contributed by atoms with Crippen LogP contribution in [0.2, 0.25) is 0 Å². The molecule has 6 nitrogen and oxygen atoms in total. The third-order valence-corrected chi connectivity index (χ3v) is 4.45. The molecule has 1 fully saturated rings. The molecule has 26 heavy (non-hydrogen) atoms. The first-order valence-corrected chi connectivity index (χ1v) is 8.85. The van der Waals surface area contributed by atoms with Gasteiger partial charge in [0.15, 0.2) is 0 Å². The largest absolute Gasteiger partial charge is 0.375 e. The van der Waals surface area contributed by atoms with Gasteiger partial charge in [-0.2, -0.15) is 0 Å². The molecule has 0 unspecified atom stereocenters. The zero-order chi connectivity index (χ0) is 18.4. The number of amides is 3. The Balaban J connectivity index is 1.44. The lowest BCUT2D eigenvalue weighted by Crippen LogP contribution is -2.29. The molecule has 0 spiro atoms. The highest BCUT2D eigenvalue weighted by atomic mass is 16.2. The highest BCUT2D eigenvalue weighted by Gasteiger charge is 2.21. The summed E-state index contributed by atoms with van der Waals surface area (Å²) in [5, 5.41) is 5.71. The second kappa shape index (κ2) is 8.38. The summed E-state index contributed by atoms with van der Waals surface area (Å²) in [4.78, 5) is 27.7. The fourth-order valence-electron chi connectivity index (χ4n) is 2.94. The van der Waals surface area contributed by atoms with Crippen molar-refractivity contribution >= 4 is 23.3 Å². The minimum Gasteiger partial charge on any atom is -0.375 e. The Morgan fingerprint density at radius 3 is 2.54 bits per heavy atom. The number of nitrogens with one attached hydrogen (secondary N) is 2. The van der Waals surface area contributed by atoms with Crippen molar-refractivity contribution in [1.29, 1.82) is 0 Å². The zero-order valence-electron chi connectivity index (χ0n) is 14.9. The number of benzene rings is 2. The van der Waals surface area contributed by atoms with E-state index >= 15 is 0 Å². The quantitative estimate of drug-likeness (QED) is 0.753. The predicted molar refractivity (Wildman–Crippen MR) is 104 cm³/mol. The number of para-hydroxylation sites is 1. The first-order valence-electron chi connectivity index (χ1n) is 8.85. The van der Waals surface area contributed by atoms with Crippen molar-refractivity contribution in [2.45, 2.75) is 6.42 Å². The molecule has 1 saturated heterocycles. The number of hydrogen-bond acceptors (Lipinski definition) is 3. The van der Waals surface area contributed by atoms with Crippen molar-refractivity contribution in [3.63, 3.8) is 0 Å². The maximum atomic E-state index is 12.2. The first kappa shape index (κ1) is 17.8. The van der Waals surface area contributed by atoms with Gasteiger partial charge in [-0.1, -0.05) is 18.2 Å². The van der Waals surface area contributed by atoms with Gasteiger partial charge in [0.25, 0.3) is 5.91 Å². The molecule has 136 valence electrons. The van der Waals surface area contributed by atoms with E-state index in [9.17, 15) is 9.59 Å². The van der Waals surface area contributed by atoms with Crippen molar-refractivity contribution in [3.05, 3.63) is 60.2 Å². The number of anilines is 2. The third-order valence-electron chi connectivity index (χ3n) is 4.45. The maximum Gasteiger partial charge on any atom is 0.321 e. The third kappa shape index (κ3) is 4.33. The van der Waals surface area contributed by atoms with Gasteiger partial charge in [-0.15, -0.1) is 0 Å². The molecule has 0 aliphatic carbocycles. The molecule has 2 aromatic carbocycles. The molecule has 0 atom stereocenters. The van der Waals surface area contributed by atoms with E-state index in [1.54, 1.807) is 17.0 Å². The van der Waals surface area contributed by atoms with Gasteiger partial charge in [0.05, 0.1) is 0 Å². The van der Waals surface area contributed by atoms with Gasteiger partial charge in [-0.05, 0) is 42.8 Å².